The van der Waals surface area contributed by atoms with Gasteiger partial charge < -0.3 is 4.42 Å². The van der Waals surface area contributed by atoms with E-state index in [1.807, 2.05) is 32.0 Å². The minimum atomic E-state index is -3.43. The van der Waals surface area contributed by atoms with Gasteiger partial charge in [0.15, 0.2) is 0 Å². The van der Waals surface area contributed by atoms with Crippen molar-refractivity contribution in [2.24, 2.45) is 0 Å². The number of likely N-dealkylation sites (N-methyl/N-ethyl adjacent to an activating group) is 1. The maximum atomic E-state index is 11.6. The second kappa shape index (κ2) is 6.89. The predicted molar refractivity (Wildman–Crippen MR) is 70.4 cm³/mol. The van der Waals surface area contributed by atoms with Gasteiger partial charge in [-0.1, -0.05) is 6.92 Å². The van der Waals surface area contributed by atoms with Gasteiger partial charge in [-0.3, -0.25) is 4.90 Å². The molecule has 0 aromatic carbocycles. The first-order chi connectivity index (χ1) is 8.46. The maximum absolute atomic E-state index is 11.6. The lowest BCUT2D eigenvalue weighted by Gasteiger charge is -2.22. The molecule has 0 saturated heterocycles. The molecule has 1 unspecified atom stereocenters. The Labute approximate surface area is 109 Å². The highest BCUT2D eigenvalue weighted by Crippen LogP contribution is 2.17. The normalized spacial score (nSPS) is 14.0. The maximum Gasteiger partial charge on any atom is 0.276 e. The lowest BCUT2D eigenvalue weighted by atomic mass is 10.2. The standard InChI is InChI=1S/C11H21N3O3S/c1-4-7-12-18(15,16)13-9-10(14(2)3)11-6-5-8-17-11/h5-6,8,10,12-13H,4,7,9H2,1-3H3. The molecule has 0 aliphatic carbocycles. The molecule has 104 valence electrons. The van der Waals surface area contributed by atoms with Gasteiger partial charge >= 0.3 is 0 Å². The van der Waals surface area contributed by atoms with Crippen molar-refractivity contribution in [3.63, 3.8) is 0 Å². The Morgan fingerprint density at radius 3 is 2.61 bits per heavy atom. The Bertz CT molecular complexity index is 428. The third-order valence-corrected chi connectivity index (χ3v) is 3.63. The summed E-state index contributed by atoms with van der Waals surface area (Å²) in [6, 6.07) is 3.49. The van der Waals surface area contributed by atoms with Crippen LogP contribution in [0.15, 0.2) is 22.8 Å². The van der Waals surface area contributed by atoms with E-state index in [2.05, 4.69) is 9.44 Å². The summed E-state index contributed by atoms with van der Waals surface area (Å²) in [5.41, 5.74) is 0. The highest BCUT2D eigenvalue weighted by Gasteiger charge is 2.19. The molecule has 1 aromatic rings. The smallest absolute Gasteiger partial charge is 0.276 e. The minimum Gasteiger partial charge on any atom is -0.468 e. The number of hydrogen-bond acceptors (Lipinski definition) is 4. The van der Waals surface area contributed by atoms with Crippen LogP contribution in [0.1, 0.15) is 25.1 Å². The monoisotopic (exact) mass is 275 g/mol. The van der Waals surface area contributed by atoms with Crippen LogP contribution >= 0.6 is 0 Å². The van der Waals surface area contributed by atoms with E-state index < -0.39 is 10.2 Å². The summed E-state index contributed by atoms with van der Waals surface area (Å²) in [4.78, 5) is 1.90. The summed E-state index contributed by atoms with van der Waals surface area (Å²) < 4.78 is 33.5. The summed E-state index contributed by atoms with van der Waals surface area (Å²) in [5, 5.41) is 0. The van der Waals surface area contributed by atoms with Crippen LogP contribution in [0.5, 0.6) is 0 Å². The van der Waals surface area contributed by atoms with Crippen molar-refractivity contribution < 1.29 is 12.8 Å². The van der Waals surface area contributed by atoms with Crippen molar-refractivity contribution in [1.82, 2.24) is 14.3 Å². The summed E-state index contributed by atoms with van der Waals surface area (Å²) in [6.07, 6.45) is 2.34. The molecule has 1 rings (SSSR count). The van der Waals surface area contributed by atoms with Crippen molar-refractivity contribution in [2.45, 2.75) is 19.4 Å². The molecular formula is C11H21N3O3S. The Hall–Kier alpha value is -0.890. The SMILES string of the molecule is CCCNS(=O)(=O)NCC(c1ccco1)N(C)C. The highest BCUT2D eigenvalue weighted by atomic mass is 32.2. The molecule has 0 aliphatic rings. The lowest BCUT2D eigenvalue weighted by molar-refractivity contribution is 0.259. The second-order valence-electron chi connectivity index (χ2n) is 4.24. The molecule has 0 saturated carbocycles. The van der Waals surface area contributed by atoms with Gasteiger partial charge in [0, 0.05) is 13.1 Å². The van der Waals surface area contributed by atoms with E-state index in [1.165, 1.54) is 0 Å². The van der Waals surface area contributed by atoms with Gasteiger partial charge in [-0.15, -0.1) is 0 Å². The highest BCUT2D eigenvalue weighted by molar-refractivity contribution is 7.87. The molecule has 2 N–H and O–H groups in total. The first-order valence-corrected chi connectivity index (χ1v) is 7.38. The summed E-state index contributed by atoms with van der Waals surface area (Å²) in [5.74, 6) is 0.734. The summed E-state index contributed by atoms with van der Waals surface area (Å²) >= 11 is 0. The van der Waals surface area contributed by atoms with Crippen LogP contribution in [-0.2, 0) is 10.2 Å². The molecule has 0 aliphatic heterocycles. The van der Waals surface area contributed by atoms with Crippen LogP contribution in [0, 0.1) is 0 Å². The van der Waals surface area contributed by atoms with Crippen molar-refractivity contribution >= 4 is 10.2 Å². The zero-order chi connectivity index (χ0) is 13.6. The van der Waals surface area contributed by atoms with E-state index in [-0.39, 0.29) is 12.6 Å². The van der Waals surface area contributed by atoms with Crippen LogP contribution in [0.3, 0.4) is 0 Å². The van der Waals surface area contributed by atoms with E-state index in [0.29, 0.717) is 6.54 Å². The topological polar surface area (TPSA) is 74.6 Å². The van der Waals surface area contributed by atoms with Crippen molar-refractivity contribution in [2.75, 3.05) is 27.2 Å². The predicted octanol–water partition coefficient (Wildman–Crippen LogP) is 0.716. The Kier molecular flexibility index (Phi) is 5.80. The first-order valence-electron chi connectivity index (χ1n) is 5.90. The van der Waals surface area contributed by atoms with Crippen LogP contribution in [-0.4, -0.2) is 40.5 Å². The van der Waals surface area contributed by atoms with Crippen molar-refractivity contribution in [3.05, 3.63) is 24.2 Å². The molecule has 18 heavy (non-hydrogen) atoms. The van der Waals surface area contributed by atoms with E-state index in [4.69, 9.17) is 4.42 Å². The molecule has 6 nitrogen and oxygen atoms in total. The molecule has 1 heterocycles. The third kappa shape index (κ3) is 4.77. The fourth-order valence-corrected chi connectivity index (χ4v) is 2.45. The lowest BCUT2D eigenvalue weighted by Crippen LogP contribution is -2.41. The van der Waals surface area contributed by atoms with E-state index >= 15 is 0 Å². The minimum absolute atomic E-state index is 0.127. The molecule has 1 atom stereocenters. The Balaban J connectivity index is 2.59. The number of nitrogens with zero attached hydrogens (tertiary/aromatic N) is 1. The Morgan fingerprint density at radius 1 is 1.39 bits per heavy atom. The van der Waals surface area contributed by atoms with Gasteiger partial charge in [-0.25, -0.2) is 9.44 Å². The first kappa shape index (κ1) is 15.2. The zero-order valence-electron chi connectivity index (χ0n) is 11.0. The summed E-state index contributed by atoms with van der Waals surface area (Å²) in [7, 11) is 0.320. The van der Waals surface area contributed by atoms with Gasteiger partial charge in [0.25, 0.3) is 10.2 Å². The van der Waals surface area contributed by atoms with Crippen molar-refractivity contribution in [3.8, 4) is 0 Å². The average Bonchev–Trinajstić information content (AvgIpc) is 2.79. The molecule has 0 fully saturated rings. The largest absolute Gasteiger partial charge is 0.468 e. The molecule has 0 amide bonds. The molecular weight excluding hydrogens is 254 g/mol. The summed E-state index contributed by atoms with van der Waals surface area (Å²) in [6.45, 7) is 2.61. The molecule has 1 aromatic heterocycles. The van der Waals surface area contributed by atoms with E-state index in [0.717, 1.165) is 12.2 Å². The van der Waals surface area contributed by atoms with Gasteiger partial charge in [0.05, 0.1) is 12.3 Å². The molecule has 0 bridgehead atoms. The van der Waals surface area contributed by atoms with E-state index in [1.54, 1.807) is 12.3 Å². The molecule has 0 spiro atoms. The second-order valence-corrected chi connectivity index (χ2v) is 5.83. The molecule has 0 radical (unpaired) electrons. The third-order valence-electron chi connectivity index (χ3n) is 2.50. The van der Waals surface area contributed by atoms with E-state index in [9.17, 15) is 8.42 Å². The Morgan fingerprint density at radius 2 is 2.11 bits per heavy atom. The number of nitrogens with one attached hydrogen (secondary N) is 2. The average molecular weight is 275 g/mol. The van der Waals surface area contributed by atoms with Crippen LogP contribution < -0.4 is 9.44 Å². The number of rotatable bonds is 8. The van der Waals surface area contributed by atoms with Gasteiger partial charge in [-0.05, 0) is 32.6 Å². The van der Waals surface area contributed by atoms with Crippen LogP contribution in [0.2, 0.25) is 0 Å². The van der Waals surface area contributed by atoms with Crippen LogP contribution in [0.4, 0.5) is 0 Å². The quantitative estimate of drug-likeness (QED) is 0.733. The van der Waals surface area contributed by atoms with Gasteiger partial charge in [0.2, 0.25) is 0 Å². The van der Waals surface area contributed by atoms with Crippen LogP contribution in [0.25, 0.3) is 0 Å². The van der Waals surface area contributed by atoms with Gasteiger partial charge in [-0.2, -0.15) is 8.42 Å². The number of furan rings is 1. The molecule has 7 heteroatoms. The number of hydrogen-bond donors (Lipinski definition) is 2. The fraction of sp³-hybridized carbons (Fsp3) is 0.636. The van der Waals surface area contributed by atoms with Crippen molar-refractivity contribution in [1.29, 1.82) is 0 Å². The fourth-order valence-electron chi connectivity index (χ4n) is 1.49. The van der Waals surface area contributed by atoms with Gasteiger partial charge in [0.1, 0.15) is 5.76 Å². The zero-order valence-corrected chi connectivity index (χ0v) is 11.8.